The van der Waals surface area contributed by atoms with E-state index < -0.39 is 16.1 Å². The molecular weight excluding hydrogens is 290 g/mol. The lowest BCUT2D eigenvalue weighted by Gasteiger charge is -2.26. The van der Waals surface area contributed by atoms with Crippen LogP contribution in [0.4, 0.5) is 0 Å². The topological polar surface area (TPSA) is 77.8 Å². The standard InChI is InChI=1S/C15H25NO4S/c1-4-15(18)13-7-5-8-14(11-13)21(19,20)16(12(2)3)9-6-10-17/h5,7-8,11-12,15,17-18H,4,6,9-10H2,1-3H3. The van der Waals surface area contributed by atoms with Gasteiger partial charge in [-0.25, -0.2) is 8.42 Å². The van der Waals surface area contributed by atoms with Gasteiger partial charge in [-0.15, -0.1) is 0 Å². The van der Waals surface area contributed by atoms with Gasteiger partial charge in [0.05, 0.1) is 11.0 Å². The number of sulfonamides is 1. The highest BCUT2D eigenvalue weighted by molar-refractivity contribution is 7.89. The number of hydrogen-bond donors (Lipinski definition) is 2. The smallest absolute Gasteiger partial charge is 0.243 e. The fraction of sp³-hybridized carbons (Fsp3) is 0.600. The summed E-state index contributed by atoms with van der Waals surface area (Å²) in [7, 11) is -3.63. The highest BCUT2D eigenvalue weighted by atomic mass is 32.2. The number of aliphatic hydroxyl groups excluding tert-OH is 2. The van der Waals surface area contributed by atoms with Crippen LogP contribution in [0, 0.1) is 0 Å². The third-order valence-electron chi connectivity index (χ3n) is 3.35. The molecular formula is C15H25NO4S. The summed E-state index contributed by atoms with van der Waals surface area (Å²) in [6, 6.07) is 6.24. The first kappa shape index (κ1) is 18.1. The van der Waals surface area contributed by atoms with Crippen LogP contribution in [-0.2, 0) is 10.0 Å². The molecule has 120 valence electrons. The molecule has 0 spiro atoms. The van der Waals surface area contributed by atoms with Crippen LogP contribution in [0.15, 0.2) is 29.2 Å². The van der Waals surface area contributed by atoms with Crippen molar-refractivity contribution in [2.24, 2.45) is 0 Å². The van der Waals surface area contributed by atoms with E-state index in [1.165, 1.54) is 16.4 Å². The normalized spacial score (nSPS) is 13.9. The number of benzene rings is 1. The molecule has 5 nitrogen and oxygen atoms in total. The second-order valence-electron chi connectivity index (χ2n) is 5.28. The van der Waals surface area contributed by atoms with Crippen LogP contribution in [0.5, 0.6) is 0 Å². The zero-order valence-electron chi connectivity index (χ0n) is 12.9. The van der Waals surface area contributed by atoms with Crippen LogP contribution in [0.2, 0.25) is 0 Å². The van der Waals surface area contributed by atoms with E-state index in [0.29, 0.717) is 18.4 Å². The number of aliphatic hydroxyl groups is 2. The van der Waals surface area contributed by atoms with E-state index in [1.807, 2.05) is 6.92 Å². The summed E-state index contributed by atoms with van der Waals surface area (Å²) in [6.45, 7) is 5.68. The molecule has 0 aliphatic heterocycles. The molecule has 0 saturated carbocycles. The van der Waals surface area contributed by atoms with Crippen LogP contribution in [-0.4, -0.2) is 42.1 Å². The Bertz CT molecular complexity index is 542. The first-order valence-electron chi connectivity index (χ1n) is 7.25. The minimum Gasteiger partial charge on any atom is -0.396 e. The summed E-state index contributed by atoms with van der Waals surface area (Å²) in [5.74, 6) is 0. The first-order valence-corrected chi connectivity index (χ1v) is 8.69. The zero-order chi connectivity index (χ0) is 16.0. The van der Waals surface area contributed by atoms with Gasteiger partial charge in [-0.2, -0.15) is 4.31 Å². The van der Waals surface area contributed by atoms with Gasteiger partial charge in [0.15, 0.2) is 0 Å². The molecule has 1 atom stereocenters. The van der Waals surface area contributed by atoms with E-state index in [9.17, 15) is 13.5 Å². The summed E-state index contributed by atoms with van der Waals surface area (Å²) in [5.41, 5.74) is 0.601. The fourth-order valence-electron chi connectivity index (χ4n) is 2.14. The molecule has 1 aromatic rings. The zero-order valence-corrected chi connectivity index (χ0v) is 13.7. The molecule has 0 bridgehead atoms. The maximum absolute atomic E-state index is 12.7. The molecule has 0 aromatic heterocycles. The van der Waals surface area contributed by atoms with E-state index in [0.717, 1.165) is 0 Å². The second-order valence-corrected chi connectivity index (χ2v) is 7.17. The van der Waals surface area contributed by atoms with E-state index in [1.54, 1.807) is 26.0 Å². The van der Waals surface area contributed by atoms with Crippen molar-refractivity contribution < 1.29 is 18.6 Å². The van der Waals surface area contributed by atoms with Crippen LogP contribution in [0.3, 0.4) is 0 Å². The van der Waals surface area contributed by atoms with Crippen LogP contribution >= 0.6 is 0 Å². The molecule has 1 unspecified atom stereocenters. The third-order valence-corrected chi connectivity index (χ3v) is 5.42. The van der Waals surface area contributed by atoms with Crippen LogP contribution < -0.4 is 0 Å². The highest BCUT2D eigenvalue weighted by Gasteiger charge is 2.27. The highest BCUT2D eigenvalue weighted by Crippen LogP contribution is 2.23. The Labute approximate surface area is 127 Å². The van der Waals surface area contributed by atoms with Crippen LogP contribution in [0.25, 0.3) is 0 Å². The summed E-state index contributed by atoms with van der Waals surface area (Å²) >= 11 is 0. The lowest BCUT2D eigenvalue weighted by Crippen LogP contribution is -2.38. The monoisotopic (exact) mass is 315 g/mol. The van der Waals surface area contributed by atoms with Gasteiger partial charge < -0.3 is 10.2 Å². The SMILES string of the molecule is CCC(O)c1cccc(S(=O)(=O)N(CCCO)C(C)C)c1. The molecule has 2 N–H and O–H groups in total. The summed E-state index contributed by atoms with van der Waals surface area (Å²) in [5, 5.41) is 18.8. The summed E-state index contributed by atoms with van der Waals surface area (Å²) in [4.78, 5) is 0.180. The molecule has 0 saturated heterocycles. The van der Waals surface area contributed by atoms with Crippen molar-refractivity contribution in [3.8, 4) is 0 Å². The number of nitrogens with zero attached hydrogens (tertiary/aromatic N) is 1. The van der Waals surface area contributed by atoms with E-state index >= 15 is 0 Å². The molecule has 0 heterocycles. The van der Waals surface area contributed by atoms with Gasteiger partial charge in [0.25, 0.3) is 0 Å². The lowest BCUT2D eigenvalue weighted by molar-refractivity contribution is 0.173. The van der Waals surface area contributed by atoms with E-state index in [4.69, 9.17) is 5.11 Å². The average molecular weight is 315 g/mol. The van der Waals surface area contributed by atoms with Crippen molar-refractivity contribution in [1.29, 1.82) is 0 Å². The molecule has 6 heteroatoms. The summed E-state index contributed by atoms with van der Waals surface area (Å²) in [6.07, 6.45) is 0.265. The molecule has 0 amide bonds. The quantitative estimate of drug-likeness (QED) is 0.768. The van der Waals surface area contributed by atoms with Crippen molar-refractivity contribution >= 4 is 10.0 Å². The predicted molar refractivity (Wildman–Crippen MR) is 82.4 cm³/mol. The molecule has 0 aliphatic rings. The largest absolute Gasteiger partial charge is 0.396 e. The van der Waals surface area contributed by atoms with Crippen molar-refractivity contribution in [2.45, 2.75) is 50.7 Å². The third kappa shape index (κ3) is 4.51. The molecule has 0 aliphatic carbocycles. The second kappa shape index (κ2) is 7.89. The van der Waals surface area contributed by atoms with Gasteiger partial charge in [-0.05, 0) is 44.4 Å². The minimum absolute atomic E-state index is 0.0483. The Morgan fingerprint density at radius 3 is 2.48 bits per heavy atom. The Morgan fingerprint density at radius 2 is 1.95 bits per heavy atom. The van der Waals surface area contributed by atoms with Gasteiger partial charge in [0.1, 0.15) is 0 Å². The minimum atomic E-state index is -3.63. The lowest BCUT2D eigenvalue weighted by atomic mass is 10.1. The molecule has 0 radical (unpaired) electrons. The van der Waals surface area contributed by atoms with Crippen molar-refractivity contribution in [1.82, 2.24) is 4.31 Å². The fourth-order valence-corrected chi connectivity index (χ4v) is 3.87. The Morgan fingerprint density at radius 1 is 1.29 bits per heavy atom. The maximum Gasteiger partial charge on any atom is 0.243 e. The van der Waals surface area contributed by atoms with E-state index in [2.05, 4.69) is 0 Å². The Hall–Kier alpha value is -0.950. The molecule has 0 fully saturated rings. The van der Waals surface area contributed by atoms with Gasteiger partial charge in [0.2, 0.25) is 10.0 Å². The predicted octanol–water partition coefficient (Wildman–Crippen LogP) is 1.91. The molecule has 1 aromatic carbocycles. The Kier molecular flexibility index (Phi) is 6.80. The van der Waals surface area contributed by atoms with Gasteiger partial charge in [-0.1, -0.05) is 19.1 Å². The Balaban J connectivity index is 3.15. The first-order chi connectivity index (χ1) is 9.84. The molecule has 21 heavy (non-hydrogen) atoms. The number of hydrogen-bond acceptors (Lipinski definition) is 4. The van der Waals surface area contributed by atoms with E-state index in [-0.39, 0.29) is 24.1 Å². The van der Waals surface area contributed by atoms with Crippen molar-refractivity contribution in [2.75, 3.05) is 13.2 Å². The van der Waals surface area contributed by atoms with Gasteiger partial charge in [-0.3, -0.25) is 0 Å². The average Bonchev–Trinajstić information content (AvgIpc) is 2.46. The molecule has 1 rings (SSSR count). The summed E-state index contributed by atoms with van der Waals surface area (Å²) < 4.78 is 26.8. The van der Waals surface area contributed by atoms with Crippen LogP contribution in [0.1, 0.15) is 45.3 Å². The van der Waals surface area contributed by atoms with Gasteiger partial charge >= 0.3 is 0 Å². The maximum atomic E-state index is 12.7. The van der Waals surface area contributed by atoms with Crippen molar-refractivity contribution in [3.63, 3.8) is 0 Å². The van der Waals surface area contributed by atoms with Gasteiger partial charge in [0, 0.05) is 19.2 Å². The van der Waals surface area contributed by atoms with Crippen molar-refractivity contribution in [3.05, 3.63) is 29.8 Å². The number of rotatable bonds is 8.